The molecule has 5 heteroatoms. The molecule has 5 nitrogen and oxygen atoms in total. The molecule has 0 unspecified atom stereocenters. The maximum absolute atomic E-state index is 11.8. The van der Waals surface area contributed by atoms with Gasteiger partial charge in [-0.3, -0.25) is 0 Å². The zero-order valence-corrected chi connectivity index (χ0v) is 12.4. The van der Waals surface area contributed by atoms with Crippen molar-refractivity contribution in [3.8, 4) is 0 Å². The molecule has 0 saturated heterocycles. The van der Waals surface area contributed by atoms with Gasteiger partial charge in [-0.15, -0.1) is 0 Å². The highest BCUT2D eigenvalue weighted by atomic mass is 16.2. The van der Waals surface area contributed by atoms with Crippen LogP contribution in [-0.4, -0.2) is 22.1 Å². The lowest BCUT2D eigenvalue weighted by Crippen LogP contribution is -2.31. The van der Waals surface area contributed by atoms with Crippen molar-refractivity contribution in [2.24, 2.45) is 0 Å². The lowest BCUT2D eigenvalue weighted by Gasteiger charge is -2.09. The molecule has 112 valence electrons. The van der Waals surface area contributed by atoms with Crippen molar-refractivity contribution in [2.45, 2.75) is 13.5 Å². The number of carbonyl (C=O) groups excluding carboxylic acids is 1. The Hall–Kier alpha value is -2.82. The van der Waals surface area contributed by atoms with Crippen LogP contribution in [0.2, 0.25) is 0 Å². The predicted octanol–water partition coefficient (Wildman–Crippen LogP) is 3.17. The zero-order chi connectivity index (χ0) is 15.4. The predicted molar refractivity (Wildman–Crippen MR) is 87.9 cm³/mol. The Labute approximate surface area is 129 Å². The quantitative estimate of drug-likeness (QED) is 0.776. The molecule has 1 heterocycles. The van der Waals surface area contributed by atoms with E-state index in [9.17, 15) is 4.79 Å². The molecular weight excluding hydrogens is 276 g/mol. The molecule has 0 bridgehead atoms. The molecule has 3 rings (SSSR count). The first-order valence-corrected chi connectivity index (χ1v) is 7.26. The van der Waals surface area contributed by atoms with E-state index in [1.165, 1.54) is 0 Å². The number of hydrogen-bond donors (Lipinski definition) is 2. The van der Waals surface area contributed by atoms with E-state index in [1.54, 1.807) is 0 Å². The normalized spacial score (nSPS) is 10.6. The number of benzene rings is 2. The van der Waals surface area contributed by atoms with Crippen LogP contribution in [0.1, 0.15) is 5.82 Å². The third kappa shape index (κ3) is 3.09. The van der Waals surface area contributed by atoms with Gasteiger partial charge in [-0.25, -0.2) is 9.78 Å². The molecule has 0 radical (unpaired) electrons. The minimum Gasteiger partial charge on any atom is -0.336 e. The molecule has 2 aromatic carbocycles. The Kier molecular flexibility index (Phi) is 4.05. The average molecular weight is 294 g/mol. The fourth-order valence-electron chi connectivity index (χ4n) is 2.46. The Bertz CT molecular complexity index is 780. The number of nitrogens with one attached hydrogen (secondary N) is 2. The number of rotatable bonds is 4. The second-order valence-corrected chi connectivity index (χ2v) is 5.05. The lowest BCUT2D eigenvalue weighted by atomic mass is 10.3. The van der Waals surface area contributed by atoms with Gasteiger partial charge in [0.05, 0.1) is 11.0 Å². The SMILES string of the molecule is Cc1nc2ccccc2n1CCNC(=O)Nc1ccccc1. The molecule has 1 aromatic heterocycles. The number of hydrogen-bond acceptors (Lipinski definition) is 2. The van der Waals surface area contributed by atoms with Crippen molar-refractivity contribution in [1.29, 1.82) is 0 Å². The fraction of sp³-hybridized carbons (Fsp3) is 0.176. The standard InChI is InChI=1S/C17H18N4O/c1-13-19-15-9-5-6-10-16(15)21(13)12-11-18-17(22)20-14-7-3-2-4-8-14/h2-10H,11-12H2,1H3,(H2,18,20,22). The van der Waals surface area contributed by atoms with Crippen LogP contribution in [0.15, 0.2) is 54.6 Å². The van der Waals surface area contributed by atoms with Gasteiger partial charge in [0.15, 0.2) is 0 Å². The van der Waals surface area contributed by atoms with E-state index in [-0.39, 0.29) is 6.03 Å². The second kappa shape index (κ2) is 6.30. The summed E-state index contributed by atoms with van der Waals surface area (Å²) in [5.74, 6) is 0.950. The van der Waals surface area contributed by atoms with Crippen LogP contribution in [0.4, 0.5) is 10.5 Å². The van der Waals surface area contributed by atoms with Gasteiger partial charge in [0, 0.05) is 18.8 Å². The summed E-state index contributed by atoms with van der Waals surface area (Å²) in [6, 6.07) is 17.2. The minimum atomic E-state index is -0.201. The van der Waals surface area contributed by atoms with Crippen LogP contribution in [-0.2, 0) is 6.54 Å². The molecule has 0 aliphatic heterocycles. The van der Waals surface area contributed by atoms with Crippen molar-refractivity contribution in [3.05, 3.63) is 60.4 Å². The number of carbonyl (C=O) groups is 1. The Morgan fingerprint density at radius 1 is 1.09 bits per heavy atom. The maximum Gasteiger partial charge on any atom is 0.319 e. The van der Waals surface area contributed by atoms with Crippen LogP contribution in [0, 0.1) is 6.92 Å². The molecular formula is C17H18N4O. The molecule has 22 heavy (non-hydrogen) atoms. The minimum absolute atomic E-state index is 0.201. The van der Waals surface area contributed by atoms with Crippen LogP contribution < -0.4 is 10.6 Å². The smallest absolute Gasteiger partial charge is 0.319 e. The number of urea groups is 1. The van der Waals surface area contributed by atoms with Gasteiger partial charge >= 0.3 is 6.03 Å². The summed E-state index contributed by atoms with van der Waals surface area (Å²) in [5, 5.41) is 5.66. The fourth-order valence-corrected chi connectivity index (χ4v) is 2.46. The van der Waals surface area contributed by atoms with Crippen molar-refractivity contribution < 1.29 is 4.79 Å². The lowest BCUT2D eigenvalue weighted by molar-refractivity contribution is 0.251. The summed E-state index contributed by atoms with van der Waals surface area (Å²) in [5.41, 5.74) is 2.85. The summed E-state index contributed by atoms with van der Waals surface area (Å²) in [7, 11) is 0. The summed E-state index contributed by atoms with van der Waals surface area (Å²) >= 11 is 0. The molecule has 0 aliphatic carbocycles. The molecule has 0 spiro atoms. The van der Waals surface area contributed by atoms with E-state index in [0.29, 0.717) is 13.1 Å². The molecule has 0 atom stereocenters. The van der Waals surface area contributed by atoms with Gasteiger partial charge in [0.1, 0.15) is 5.82 Å². The van der Waals surface area contributed by atoms with Crippen molar-refractivity contribution in [3.63, 3.8) is 0 Å². The van der Waals surface area contributed by atoms with Gasteiger partial charge in [-0.05, 0) is 31.2 Å². The summed E-state index contributed by atoms with van der Waals surface area (Å²) in [4.78, 5) is 16.4. The maximum atomic E-state index is 11.8. The highest BCUT2D eigenvalue weighted by Gasteiger charge is 2.07. The number of imidazole rings is 1. The summed E-state index contributed by atoms with van der Waals surface area (Å²) < 4.78 is 2.11. The van der Waals surface area contributed by atoms with E-state index in [0.717, 1.165) is 22.5 Å². The van der Waals surface area contributed by atoms with Gasteiger partial charge in [-0.1, -0.05) is 30.3 Å². The van der Waals surface area contributed by atoms with Crippen molar-refractivity contribution >= 4 is 22.8 Å². The summed E-state index contributed by atoms with van der Waals surface area (Å²) in [6.07, 6.45) is 0. The molecule has 3 aromatic rings. The molecule has 0 aliphatic rings. The monoisotopic (exact) mass is 294 g/mol. The topological polar surface area (TPSA) is 59.0 Å². The average Bonchev–Trinajstić information content (AvgIpc) is 2.84. The van der Waals surface area contributed by atoms with Crippen molar-refractivity contribution in [2.75, 3.05) is 11.9 Å². The number of nitrogens with zero attached hydrogens (tertiary/aromatic N) is 2. The second-order valence-electron chi connectivity index (χ2n) is 5.05. The number of aromatic nitrogens is 2. The van der Waals surface area contributed by atoms with E-state index in [1.807, 2.05) is 61.5 Å². The number of fused-ring (bicyclic) bond motifs is 1. The number of anilines is 1. The van der Waals surface area contributed by atoms with E-state index < -0.39 is 0 Å². The zero-order valence-electron chi connectivity index (χ0n) is 12.4. The first-order valence-electron chi connectivity index (χ1n) is 7.26. The van der Waals surface area contributed by atoms with Crippen LogP contribution >= 0.6 is 0 Å². The summed E-state index contributed by atoms with van der Waals surface area (Å²) in [6.45, 7) is 3.21. The van der Waals surface area contributed by atoms with E-state index >= 15 is 0 Å². The number of para-hydroxylation sites is 3. The third-order valence-electron chi connectivity index (χ3n) is 3.50. The van der Waals surface area contributed by atoms with E-state index in [2.05, 4.69) is 20.2 Å². The molecule has 2 amide bonds. The van der Waals surface area contributed by atoms with E-state index in [4.69, 9.17) is 0 Å². The Balaban J connectivity index is 1.58. The molecule has 2 N–H and O–H groups in total. The molecule has 0 fully saturated rings. The van der Waals surface area contributed by atoms with Gasteiger partial charge in [0.25, 0.3) is 0 Å². The first-order chi connectivity index (χ1) is 10.7. The molecule has 0 saturated carbocycles. The van der Waals surface area contributed by atoms with Crippen LogP contribution in [0.5, 0.6) is 0 Å². The highest BCUT2D eigenvalue weighted by molar-refractivity contribution is 5.89. The Morgan fingerprint density at radius 2 is 1.82 bits per heavy atom. The van der Waals surface area contributed by atoms with Gasteiger partial charge in [0.2, 0.25) is 0 Å². The number of amides is 2. The van der Waals surface area contributed by atoms with Crippen LogP contribution in [0.25, 0.3) is 11.0 Å². The highest BCUT2D eigenvalue weighted by Crippen LogP contribution is 2.14. The largest absolute Gasteiger partial charge is 0.336 e. The third-order valence-corrected chi connectivity index (χ3v) is 3.50. The number of aryl methyl sites for hydroxylation is 1. The first kappa shape index (κ1) is 14.1. The Morgan fingerprint density at radius 3 is 2.64 bits per heavy atom. The van der Waals surface area contributed by atoms with Gasteiger partial charge in [-0.2, -0.15) is 0 Å². The van der Waals surface area contributed by atoms with Gasteiger partial charge < -0.3 is 15.2 Å². The van der Waals surface area contributed by atoms with Crippen LogP contribution in [0.3, 0.4) is 0 Å². The van der Waals surface area contributed by atoms with Crippen molar-refractivity contribution in [1.82, 2.24) is 14.9 Å².